The van der Waals surface area contributed by atoms with Crippen molar-refractivity contribution in [3.8, 4) is 0 Å². The first-order chi connectivity index (χ1) is 6.47. The maximum absolute atomic E-state index is 10.8. The number of carboxylic acid groups (broad SMARTS) is 1. The van der Waals surface area contributed by atoms with Gasteiger partial charge in [0.15, 0.2) is 0 Å². The molecule has 0 saturated carbocycles. The van der Waals surface area contributed by atoms with E-state index in [1.807, 2.05) is 11.8 Å². The number of hydrogen-bond donors (Lipinski definition) is 2. The van der Waals surface area contributed by atoms with Crippen molar-refractivity contribution in [1.29, 1.82) is 0 Å². The van der Waals surface area contributed by atoms with Gasteiger partial charge in [-0.1, -0.05) is 13.8 Å². The minimum atomic E-state index is -0.824. The molecule has 0 aromatic rings. The number of amides is 1. The quantitative estimate of drug-likeness (QED) is 0.604. The fourth-order valence-corrected chi connectivity index (χ4v) is 1.11. The van der Waals surface area contributed by atoms with Crippen LogP contribution in [0.5, 0.6) is 0 Å². The fourth-order valence-electron chi connectivity index (χ4n) is 1.11. The number of carbonyl (C=O) groups is 2. The lowest BCUT2D eigenvalue weighted by Crippen LogP contribution is -2.35. The SMILES string of the molecule is CCN(CCC(=O)O)CC(C)C(N)=O. The van der Waals surface area contributed by atoms with Crippen LogP contribution in [-0.4, -0.2) is 41.5 Å². The highest BCUT2D eigenvalue weighted by Gasteiger charge is 2.13. The van der Waals surface area contributed by atoms with Crippen LogP contribution in [0.4, 0.5) is 0 Å². The number of aliphatic carboxylic acids is 1. The zero-order valence-electron chi connectivity index (χ0n) is 8.69. The average Bonchev–Trinajstić information content (AvgIpc) is 2.11. The number of carbonyl (C=O) groups excluding carboxylic acids is 1. The van der Waals surface area contributed by atoms with Crippen molar-refractivity contribution in [2.75, 3.05) is 19.6 Å². The summed E-state index contributed by atoms with van der Waals surface area (Å²) in [5.74, 6) is -1.40. The molecule has 0 aliphatic rings. The minimum absolute atomic E-state index is 0.0965. The van der Waals surface area contributed by atoms with Gasteiger partial charge in [0, 0.05) is 19.0 Å². The molecule has 0 radical (unpaired) electrons. The van der Waals surface area contributed by atoms with Crippen molar-refractivity contribution in [1.82, 2.24) is 4.90 Å². The first-order valence-corrected chi connectivity index (χ1v) is 4.70. The van der Waals surface area contributed by atoms with Crippen LogP contribution < -0.4 is 5.73 Å². The Balaban J connectivity index is 3.90. The van der Waals surface area contributed by atoms with Crippen LogP contribution in [0.25, 0.3) is 0 Å². The molecule has 0 saturated heterocycles. The fraction of sp³-hybridized carbons (Fsp3) is 0.778. The third-order valence-electron chi connectivity index (χ3n) is 2.11. The van der Waals surface area contributed by atoms with Crippen molar-refractivity contribution in [3.05, 3.63) is 0 Å². The van der Waals surface area contributed by atoms with Gasteiger partial charge < -0.3 is 15.7 Å². The smallest absolute Gasteiger partial charge is 0.304 e. The van der Waals surface area contributed by atoms with Gasteiger partial charge in [-0.2, -0.15) is 0 Å². The van der Waals surface area contributed by atoms with Gasteiger partial charge in [0.25, 0.3) is 0 Å². The Morgan fingerprint density at radius 3 is 2.43 bits per heavy atom. The van der Waals surface area contributed by atoms with Crippen molar-refractivity contribution in [2.45, 2.75) is 20.3 Å². The summed E-state index contributed by atoms with van der Waals surface area (Å²) >= 11 is 0. The Kier molecular flexibility index (Phi) is 5.87. The molecule has 1 unspecified atom stereocenters. The summed E-state index contributed by atoms with van der Waals surface area (Å²) in [6, 6.07) is 0. The molecule has 5 nitrogen and oxygen atoms in total. The zero-order valence-corrected chi connectivity index (χ0v) is 8.69. The Morgan fingerprint density at radius 2 is 2.07 bits per heavy atom. The molecule has 0 aromatic carbocycles. The highest BCUT2D eigenvalue weighted by atomic mass is 16.4. The molecule has 14 heavy (non-hydrogen) atoms. The van der Waals surface area contributed by atoms with Gasteiger partial charge in [-0.15, -0.1) is 0 Å². The van der Waals surface area contributed by atoms with E-state index in [1.165, 1.54) is 0 Å². The third-order valence-corrected chi connectivity index (χ3v) is 2.11. The van der Waals surface area contributed by atoms with E-state index in [4.69, 9.17) is 10.8 Å². The number of rotatable bonds is 7. The Hall–Kier alpha value is -1.10. The summed E-state index contributed by atoms with van der Waals surface area (Å²) in [6.45, 7) is 5.38. The number of carboxylic acids is 1. The van der Waals surface area contributed by atoms with E-state index in [0.717, 1.165) is 6.54 Å². The largest absolute Gasteiger partial charge is 0.481 e. The summed E-state index contributed by atoms with van der Waals surface area (Å²) in [4.78, 5) is 23.0. The Morgan fingerprint density at radius 1 is 1.50 bits per heavy atom. The van der Waals surface area contributed by atoms with Crippen LogP contribution >= 0.6 is 0 Å². The zero-order chi connectivity index (χ0) is 11.1. The van der Waals surface area contributed by atoms with Gasteiger partial charge in [0.2, 0.25) is 5.91 Å². The lowest BCUT2D eigenvalue weighted by Gasteiger charge is -2.21. The minimum Gasteiger partial charge on any atom is -0.481 e. The van der Waals surface area contributed by atoms with Crippen LogP contribution in [0, 0.1) is 5.92 Å². The molecule has 1 amide bonds. The lowest BCUT2D eigenvalue weighted by molar-refractivity contribution is -0.137. The van der Waals surface area contributed by atoms with Crippen molar-refractivity contribution in [2.24, 2.45) is 11.7 Å². The van der Waals surface area contributed by atoms with Gasteiger partial charge >= 0.3 is 5.97 Å². The third kappa shape index (κ3) is 5.53. The highest BCUT2D eigenvalue weighted by Crippen LogP contribution is 2.00. The number of primary amides is 1. The molecule has 5 heteroatoms. The predicted molar refractivity (Wildman–Crippen MR) is 52.7 cm³/mol. The molecule has 0 rings (SSSR count). The van der Waals surface area contributed by atoms with E-state index in [2.05, 4.69) is 0 Å². The van der Waals surface area contributed by atoms with Gasteiger partial charge in [-0.05, 0) is 6.54 Å². The highest BCUT2D eigenvalue weighted by molar-refractivity contribution is 5.76. The summed E-state index contributed by atoms with van der Waals surface area (Å²) in [6.07, 6.45) is 0.0965. The molecular weight excluding hydrogens is 184 g/mol. The van der Waals surface area contributed by atoms with Crippen molar-refractivity contribution >= 4 is 11.9 Å². The molecule has 0 aromatic heterocycles. The lowest BCUT2D eigenvalue weighted by atomic mass is 10.1. The van der Waals surface area contributed by atoms with E-state index in [1.54, 1.807) is 6.92 Å². The second-order valence-electron chi connectivity index (χ2n) is 3.34. The van der Waals surface area contributed by atoms with Crippen LogP contribution in [0.2, 0.25) is 0 Å². The predicted octanol–water partition coefficient (Wildman–Crippen LogP) is -0.0956. The second-order valence-corrected chi connectivity index (χ2v) is 3.34. The summed E-state index contributed by atoms with van der Waals surface area (Å²) < 4.78 is 0. The van der Waals surface area contributed by atoms with E-state index < -0.39 is 5.97 Å². The standard InChI is InChI=1S/C9H18N2O3/c1-3-11(5-4-8(12)13)6-7(2)9(10)14/h7H,3-6H2,1-2H3,(H2,10,14)(H,12,13). The number of hydrogen-bond acceptors (Lipinski definition) is 3. The summed E-state index contributed by atoms with van der Waals surface area (Å²) in [5, 5.41) is 8.48. The van der Waals surface area contributed by atoms with E-state index in [-0.39, 0.29) is 18.2 Å². The van der Waals surface area contributed by atoms with E-state index >= 15 is 0 Å². The molecule has 0 aliphatic carbocycles. The number of nitrogens with two attached hydrogens (primary N) is 1. The van der Waals surface area contributed by atoms with Crippen molar-refractivity contribution in [3.63, 3.8) is 0 Å². The first-order valence-electron chi connectivity index (χ1n) is 4.70. The Labute approximate surface area is 83.9 Å². The van der Waals surface area contributed by atoms with E-state index in [0.29, 0.717) is 13.1 Å². The molecular formula is C9H18N2O3. The van der Waals surface area contributed by atoms with Gasteiger partial charge in [-0.3, -0.25) is 9.59 Å². The molecule has 0 bridgehead atoms. The normalized spacial score (nSPS) is 12.8. The van der Waals surface area contributed by atoms with Crippen LogP contribution in [0.1, 0.15) is 20.3 Å². The van der Waals surface area contributed by atoms with Gasteiger partial charge in [-0.25, -0.2) is 0 Å². The first kappa shape index (κ1) is 12.9. The average molecular weight is 202 g/mol. The molecule has 3 N–H and O–H groups in total. The monoisotopic (exact) mass is 202 g/mol. The Bertz CT molecular complexity index is 206. The summed E-state index contributed by atoms with van der Waals surface area (Å²) in [5.41, 5.74) is 5.11. The molecule has 0 heterocycles. The van der Waals surface area contributed by atoms with Crippen LogP contribution in [0.15, 0.2) is 0 Å². The summed E-state index contributed by atoms with van der Waals surface area (Å²) in [7, 11) is 0. The van der Waals surface area contributed by atoms with Gasteiger partial charge in [0.05, 0.1) is 6.42 Å². The van der Waals surface area contributed by atoms with Crippen LogP contribution in [0.3, 0.4) is 0 Å². The molecule has 82 valence electrons. The maximum atomic E-state index is 10.8. The van der Waals surface area contributed by atoms with Gasteiger partial charge in [0.1, 0.15) is 0 Å². The topological polar surface area (TPSA) is 83.6 Å². The van der Waals surface area contributed by atoms with Crippen LogP contribution in [-0.2, 0) is 9.59 Å². The second kappa shape index (κ2) is 6.37. The number of nitrogens with zero attached hydrogens (tertiary/aromatic N) is 1. The molecule has 0 spiro atoms. The van der Waals surface area contributed by atoms with E-state index in [9.17, 15) is 9.59 Å². The molecule has 0 fully saturated rings. The maximum Gasteiger partial charge on any atom is 0.304 e. The molecule has 0 aliphatic heterocycles. The molecule has 1 atom stereocenters. The van der Waals surface area contributed by atoms with Crippen molar-refractivity contribution < 1.29 is 14.7 Å².